The van der Waals surface area contributed by atoms with Crippen LogP contribution in [0.15, 0.2) is 66.0 Å². The number of rotatable bonds is 1. The summed E-state index contributed by atoms with van der Waals surface area (Å²) in [5, 5.41) is 2.52. The number of amides is 1. The minimum atomic E-state index is -0.0672. The van der Waals surface area contributed by atoms with E-state index in [-0.39, 0.29) is 5.91 Å². The Morgan fingerprint density at radius 3 is 2.52 bits per heavy atom. The molecule has 0 aliphatic carbocycles. The third kappa shape index (κ3) is 1.92. The summed E-state index contributed by atoms with van der Waals surface area (Å²) in [6, 6.07) is 19.0. The molecule has 4 heteroatoms. The second-order valence-electron chi connectivity index (χ2n) is 4.67. The number of hydrogen-bond donors (Lipinski definition) is 0. The quantitative estimate of drug-likeness (QED) is 0.643. The van der Waals surface area contributed by atoms with Crippen molar-refractivity contribution in [3.8, 4) is 10.8 Å². The predicted molar refractivity (Wildman–Crippen MR) is 83.7 cm³/mol. The summed E-state index contributed by atoms with van der Waals surface area (Å²) >= 11 is 1.43. The first-order chi connectivity index (χ1) is 10.3. The standard InChI is InChI=1S/C17H11NO2S/c19-16-13-10-11-21-17(13)20-15-9-5-4-8-14(15)18(16)12-6-2-1-3-7-12/h1-11H. The number of nitrogens with zero attached hydrogens (tertiary/aromatic N) is 1. The second kappa shape index (κ2) is 4.75. The Morgan fingerprint density at radius 2 is 1.67 bits per heavy atom. The number of carbonyl (C=O) groups excluding carboxylic acids is 1. The fourth-order valence-electron chi connectivity index (χ4n) is 2.42. The molecule has 3 nitrogen and oxygen atoms in total. The van der Waals surface area contributed by atoms with Crippen LogP contribution in [0.3, 0.4) is 0 Å². The molecule has 0 saturated heterocycles. The Balaban J connectivity index is 1.98. The first-order valence-electron chi connectivity index (χ1n) is 6.58. The van der Waals surface area contributed by atoms with Crippen LogP contribution in [-0.4, -0.2) is 5.91 Å². The molecule has 0 fully saturated rings. The molecule has 3 aromatic rings. The Bertz CT molecular complexity index is 810. The molecule has 102 valence electrons. The molecule has 0 spiro atoms. The maximum Gasteiger partial charge on any atom is 0.267 e. The van der Waals surface area contributed by atoms with E-state index in [1.807, 2.05) is 66.0 Å². The molecule has 1 aliphatic rings. The van der Waals surface area contributed by atoms with Gasteiger partial charge in [-0.15, -0.1) is 11.3 Å². The van der Waals surface area contributed by atoms with E-state index in [0.29, 0.717) is 16.4 Å². The van der Waals surface area contributed by atoms with Gasteiger partial charge in [0.15, 0.2) is 10.8 Å². The lowest BCUT2D eigenvalue weighted by Crippen LogP contribution is -2.24. The average molecular weight is 293 g/mol. The highest BCUT2D eigenvalue weighted by atomic mass is 32.1. The van der Waals surface area contributed by atoms with Crippen molar-refractivity contribution in [3.05, 3.63) is 71.6 Å². The van der Waals surface area contributed by atoms with Gasteiger partial charge in [0.2, 0.25) is 0 Å². The number of para-hydroxylation sites is 3. The van der Waals surface area contributed by atoms with E-state index < -0.39 is 0 Å². The number of benzene rings is 2. The highest BCUT2D eigenvalue weighted by Gasteiger charge is 2.29. The zero-order valence-electron chi connectivity index (χ0n) is 11.0. The summed E-state index contributed by atoms with van der Waals surface area (Å²) in [7, 11) is 0. The van der Waals surface area contributed by atoms with E-state index in [2.05, 4.69) is 0 Å². The van der Waals surface area contributed by atoms with E-state index in [4.69, 9.17) is 4.74 Å². The molecule has 4 rings (SSSR count). The molecule has 1 aliphatic heterocycles. The number of thiophene rings is 1. The van der Waals surface area contributed by atoms with Gasteiger partial charge in [-0.05, 0) is 35.7 Å². The highest BCUT2D eigenvalue weighted by Crippen LogP contribution is 2.44. The summed E-state index contributed by atoms with van der Waals surface area (Å²) in [4.78, 5) is 14.6. The second-order valence-corrected chi connectivity index (χ2v) is 5.55. The van der Waals surface area contributed by atoms with E-state index in [1.165, 1.54) is 11.3 Å². The van der Waals surface area contributed by atoms with Crippen LogP contribution in [0.5, 0.6) is 10.8 Å². The third-order valence-corrected chi connectivity index (χ3v) is 4.18. The van der Waals surface area contributed by atoms with E-state index >= 15 is 0 Å². The maximum atomic E-state index is 12.9. The van der Waals surface area contributed by atoms with E-state index in [0.717, 1.165) is 11.4 Å². The monoisotopic (exact) mass is 293 g/mol. The Labute approximate surface area is 126 Å². The molecule has 0 atom stereocenters. The molecule has 0 unspecified atom stereocenters. The molecule has 0 saturated carbocycles. The van der Waals surface area contributed by atoms with Crippen molar-refractivity contribution in [2.75, 3.05) is 4.90 Å². The molecule has 0 bridgehead atoms. The largest absolute Gasteiger partial charge is 0.444 e. The van der Waals surface area contributed by atoms with Gasteiger partial charge in [-0.1, -0.05) is 30.3 Å². The summed E-state index contributed by atoms with van der Waals surface area (Å²) in [5.74, 6) is 0.623. The summed E-state index contributed by atoms with van der Waals surface area (Å²) in [6.45, 7) is 0. The zero-order chi connectivity index (χ0) is 14.2. The molecule has 21 heavy (non-hydrogen) atoms. The number of carbonyl (C=O) groups is 1. The van der Waals surface area contributed by atoms with Gasteiger partial charge in [0, 0.05) is 5.69 Å². The highest BCUT2D eigenvalue weighted by molar-refractivity contribution is 7.12. The molecule has 2 heterocycles. The molecule has 0 radical (unpaired) electrons. The fourth-order valence-corrected chi connectivity index (χ4v) is 3.17. The topological polar surface area (TPSA) is 29.5 Å². The first kappa shape index (κ1) is 12.2. The average Bonchev–Trinajstić information content (AvgIpc) is 2.94. The molecule has 1 amide bonds. The first-order valence-corrected chi connectivity index (χ1v) is 7.46. The van der Waals surface area contributed by atoms with Crippen molar-refractivity contribution < 1.29 is 9.53 Å². The van der Waals surface area contributed by atoms with Gasteiger partial charge in [0.05, 0.1) is 11.3 Å². The zero-order valence-corrected chi connectivity index (χ0v) is 11.8. The summed E-state index contributed by atoms with van der Waals surface area (Å²) in [5.41, 5.74) is 2.19. The minimum Gasteiger partial charge on any atom is -0.444 e. The van der Waals surface area contributed by atoms with Gasteiger partial charge in [0.25, 0.3) is 5.91 Å². The van der Waals surface area contributed by atoms with Crippen LogP contribution in [0.4, 0.5) is 11.4 Å². The van der Waals surface area contributed by atoms with Gasteiger partial charge in [-0.3, -0.25) is 9.69 Å². The maximum absolute atomic E-state index is 12.9. The van der Waals surface area contributed by atoms with Gasteiger partial charge >= 0.3 is 0 Å². The van der Waals surface area contributed by atoms with Gasteiger partial charge in [-0.2, -0.15) is 0 Å². The molecular formula is C17H11NO2S. The minimum absolute atomic E-state index is 0.0672. The van der Waals surface area contributed by atoms with Crippen molar-refractivity contribution in [1.82, 2.24) is 0 Å². The smallest absolute Gasteiger partial charge is 0.267 e. The molecular weight excluding hydrogens is 282 g/mol. The van der Waals surface area contributed by atoms with Crippen molar-refractivity contribution in [2.24, 2.45) is 0 Å². The van der Waals surface area contributed by atoms with Crippen LogP contribution in [0, 0.1) is 0 Å². The van der Waals surface area contributed by atoms with Crippen LogP contribution >= 0.6 is 11.3 Å². The predicted octanol–water partition coefficient (Wildman–Crippen LogP) is 4.83. The van der Waals surface area contributed by atoms with Gasteiger partial charge in [0.1, 0.15) is 0 Å². The lowest BCUT2D eigenvalue weighted by molar-refractivity contribution is 0.1000. The number of hydrogen-bond acceptors (Lipinski definition) is 3. The van der Waals surface area contributed by atoms with Crippen LogP contribution in [0.1, 0.15) is 10.4 Å². The lowest BCUT2D eigenvalue weighted by Gasteiger charge is -2.21. The number of ether oxygens (including phenoxy) is 1. The Hall–Kier alpha value is -2.59. The van der Waals surface area contributed by atoms with Crippen LogP contribution < -0.4 is 9.64 Å². The lowest BCUT2D eigenvalue weighted by atomic mass is 10.2. The molecule has 2 aromatic carbocycles. The van der Waals surface area contributed by atoms with Crippen molar-refractivity contribution in [2.45, 2.75) is 0 Å². The fraction of sp³-hybridized carbons (Fsp3) is 0. The van der Waals surface area contributed by atoms with E-state index in [1.54, 1.807) is 4.90 Å². The Kier molecular flexibility index (Phi) is 2.75. The summed E-state index contributed by atoms with van der Waals surface area (Å²) in [6.07, 6.45) is 0. The molecule has 1 aromatic heterocycles. The molecule has 0 N–H and O–H groups in total. The number of anilines is 2. The Morgan fingerprint density at radius 1 is 0.905 bits per heavy atom. The number of fused-ring (bicyclic) bond motifs is 2. The third-order valence-electron chi connectivity index (χ3n) is 3.39. The van der Waals surface area contributed by atoms with E-state index in [9.17, 15) is 4.79 Å². The van der Waals surface area contributed by atoms with Crippen molar-refractivity contribution in [3.63, 3.8) is 0 Å². The normalized spacial score (nSPS) is 13.1. The van der Waals surface area contributed by atoms with Crippen LogP contribution in [-0.2, 0) is 0 Å². The van der Waals surface area contributed by atoms with Crippen LogP contribution in [0.25, 0.3) is 0 Å². The van der Waals surface area contributed by atoms with Crippen LogP contribution in [0.2, 0.25) is 0 Å². The van der Waals surface area contributed by atoms with Gasteiger partial charge < -0.3 is 4.74 Å². The van der Waals surface area contributed by atoms with Crippen molar-refractivity contribution in [1.29, 1.82) is 0 Å². The van der Waals surface area contributed by atoms with Crippen molar-refractivity contribution >= 4 is 28.6 Å². The summed E-state index contributed by atoms with van der Waals surface area (Å²) < 4.78 is 5.92. The SMILES string of the molecule is O=C1c2ccsc2Oc2ccccc2N1c1ccccc1. The van der Waals surface area contributed by atoms with Gasteiger partial charge in [-0.25, -0.2) is 0 Å².